The van der Waals surface area contributed by atoms with Crippen LogP contribution in [0.25, 0.3) is 5.70 Å². The summed E-state index contributed by atoms with van der Waals surface area (Å²) in [7, 11) is 2.09. The number of aromatic nitrogens is 1. The van der Waals surface area contributed by atoms with Crippen LogP contribution in [0.3, 0.4) is 0 Å². The van der Waals surface area contributed by atoms with E-state index in [9.17, 15) is 0 Å². The highest BCUT2D eigenvalue weighted by atomic mass is 15.0. The van der Waals surface area contributed by atoms with E-state index in [4.69, 9.17) is 0 Å². The molecule has 0 radical (unpaired) electrons. The summed E-state index contributed by atoms with van der Waals surface area (Å²) in [5.74, 6) is 0. The Morgan fingerprint density at radius 2 is 1.80 bits per heavy atom. The summed E-state index contributed by atoms with van der Waals surface area (Å²) in [6.07, 6.45) is 3.93. The molecule has 2 heteroatoms. The molecule has 1 heterocycles. The van der Waals surface area contributed by atoms with Crippen molar-refractivity contribution in [1.82, 2.24) is 4.98 Å². The lowest BCUT2D eigenvalue weighted by molar-refractivity contribution is -0.396. The largest absolute Gasteiger partial charge is 0.250 e. The molecule has 0 fully saturated rings. The Hall–Kier alpha value is -2.22. The van der Waals surface area contributed by atoms with Crippen molar-refractivity contribution in [1.29, 1.82) is 0 Å². The van der Waals surface area contributed by atoms with Crippen LogP contribution in [0.5, 0.6) is 0 Å². The summed E-state index contributed by atoms with van der Waals surface area (Å²) < 4.78 is 2.20. The van der Waals surface area contributed by atoms with E-state index in [1.54, 1.807) is 0 Å². The maximum atomic E-state index is 4.45. The van der Waals surface area contributed by atoms with Gasteiger partial charge in [0.1, 0.15) is 12.7 Å². The molecule has 1 aromatic heterocycles. The van der Waals surface area contributed by atoms with Crippen molar-refractivity contribution in [3.8, 4) is 0 Å². The van der Waals surface area contributed by atoms with E-state index in [1.165, 1.54) is 16.8 Å². The van der Waals surface area contributed by atoms with Gasteiger partial charge in [0, 0.05) is 18.7 Å². The maximum Gasteiger partial charge on any atom is 0.226 e. The van der Waals surface area contributed by atoms with Gasteiger partial charge in [-0.2, -0.15) is 4.58 Å². The second-order valence-electron chi connectivity index (χ2n) is 4.85. The van der Waals surface area contributed by atoms with Gasteiger partial charge in [0.05, 0.1) is 0 Å². The first-order valence-corrected chi connectivity index (χ1v) is 6.86. The van der Waals surface area contributed by atoms with E-state index in [0.29, 0.717) is 0 Å². The fraction of sp³-hybridized carbons (Fsp3) is 0.222. The van der Waals surface area contributed by atoms with Crippen LogP contribution in [0.2, 0.25) is 0 Å². The van der Waals surface area contributed by atoms with Gasteiger partial charge in [0.15, 0.2) is 5.71 Å². The molecule has 0 N–H and O–H groups in total. The van der Waals surface area contributed by atoms with Gasteiger partial charge in [0.2, 0.25) is 5.70 Å². The van der Waals surface area contributed by atoms with Gasteiger partial charge >= 0.3 is 0 Å². The monoisotopic (exact) mass is 265 g/mol. The molecule has 0 aliphatic rings. The first-order valence-electron chi connectivity index (χ1n) is 6.86. The molecule has 1 aromatic carbocycles. The number of pyridine rings is 1. The van der Waals surface area contributed by atoms with E-state index in [-0.39, 0.29) is 0 Å². The van der Waals surface area contributed by atoms with Gasteiger partial charge in [0.25, 0.3) is 0 Å². The second-order valence-corrected chi connectivity index (χ2v) is 4.85. The molecule has 0 bridgehead atoms. The molecule has 0 unspecified atom stereocenters. The number of benzene rings is 1. The van der Waals surface area contributed by atoms with Gasteiger partial charge in [-0.3, -0.25) is 0 Å². The Bertz CT molecular complexity index is 652. The van der Waals surface area contributed by atoms with Gasteiger partial charge in [-0.15, -0.1) is 0 Å². The van der Waals surface area contributed by atoms with Crippen LogP contribution in [-0.2, 0) is 0 Å². The Kier molecular flexibility index (Phi) is 4.46. The normalized spacial score (nSPS) is 13.1. The molecular formula is C18H21N2+. The van der Waals surface area contributed by atoms with Crippen molar-refractivity contribution in [3.63, 3.8) is 0 Å². The Morgan fingerprint density at radius 1 is 1.10 bits per heavy atom. The molecule has 2 aromatic rings. The number of hydrogen-bond acceptors (Lipinski definition) is 1. The minimum Gasteiger partial charge on any atom is -0.250 e. The standard InChI is InChI=1S/C18H21N2/c1-5-18(17-12-8-9-13-19-17)20(4)15(3)16-11-7-6-10-14(16)2/h5-13H,1-4H3/q+1. The van der Waals surface area contributed by atoms with Crippen molar-refractivity contribution in [2.75, 3.05) is 7.05 Å². The van der Waals surface area contributed by atoms with E-state index >= 15 is 0 Å². The molecule has 0 amide bonds. The van der Waals surface area contributed by atoms with Gasteiger partial charge in [-0.05, 0) is 43.7 Å². The minimum absolute atomic E-state index is 0.991. The van der Waals surface area contributed by atoms with Crippen LogP contribution < -0.4 is 0 Å². The lowest BCUT2D eigenvalue weighted by atomic mass is 10.0. The first kappa shape index (κ1) is 14.2. The molecule has 0 aliphatic carbocycles. The fourth-order valence-corrected chi connectivity index (χ4v) is 2.37. The first-order chi connectivity index (χ1) is 9.65. The topological polar surface area (TPSA) is 15.9 Å². The van der Waals surface area contributed by atoms with Crippen LogP contribution in [-0.4, -0.2) is 22.3 Å². The van der Waals surface area contributed by atoms with Crippen LogP contribution in [0.1, 0.15) is 30.7 Å². The second kappa shape index (κ2) is 6.29. The van der Waals surface area contributed by atoms with Crippen molar-refractivity contribution in [2.24, 2.45) is 0 Å². The van der Waals surface area contributed by atoms with Gasteiger partial charge in [-0.25, -0.2) is 4.98 Å². The van der Waals surface area contributed by atoms with Crippen LogP contribution >= 0.6 is 0 Å². The fourth-order valence-electron chi connectivity index (χ4n) is 2.37. The molecule has 2 nitrogen and oxygen atoms in total. The Balaban J connectivity index is 2.50. The van der Waals surface area contributed by atoms with Gasteiger partial charge in [-0.1, -0.05) is 24.3 Å². The van der Waals surface area contributed by atoms with E-state index in [1.807, 2.05) is 31.3 Å². The summed E-state index contributed by atoms with van der Waals surface area (Å²) in [5.41, 5.74) is 5.89. The minimum atomic E-state index is 0.991. The third-order valence-corrected chi connectivity index (χ3v) is 3.60. The molecule has 0 atom stereocenters. The van der Waals surface area contributed by atoms with Gasteiger partial charge < -0.3 is 0 Å². The summed E-state index contributed by atoms with van der Waals surface area (Å²) in [4.78, 5) is 4.45. The highest BCUT2D eigenvalue weighted by Crippen LogP contribution is 2.15. The van der Waals surface area contributed by atoms with E-state index in [2.05, 4.69) is 60.8 Å². The van der Waals surface area contributed by atoms with Crippen molar-refractivity contribution >= 4 is 11.4 Å². The van der Waals surface area contributed by atoms with E-state index < -0.39 is 0 Å². The summed E-state index contributed by atoms with van der Waals surface area (Å²) in [6, 6.07) is 14.4. The number of hydrogen-bond donors (Lipinski definition) is 0. The zero-order valence-electron chi connectivity index (χ0n) is 12.6. The third-order valence-electron chi connectivity index (χ3n) is 3.60. The molecule has 0 saturated heterocycles. The number of allylic oxidation sites excluding steroid dienone is 1. The number of nitrogens with zero attached hydrogens (tertiary/aromatic N) is 2. The summed E-state index contributed by atoms with van der Waals surface area (Å²) in [5, 5.41) is 0. The van der Waals surface area contributed by atoms with Crippen LogP contribution in [0.15, 0.2) is 54.7 Å². The lowest BCUT2D eigenvalue weighted by Gasteiger charge is -2.07. The highest BCUT2D eigenvalue weighted by Gasteiger charge is 2.17. The zero-order chi connectivity index (χ0) is 14.5. The van der Waals surface area contributed by atoms with Crippen LogP contribution in [0, 0.1) is 6.92 Å². The number of rotatable bonds is 3. The van der Waals surface area contributed by atoms with Crippen molar-refractivity contribution < 1.29 is 4.58 Å². The van der Waals surface area contributed by atoms with Crippen molar-refractivity contribution in [2.45, 2.75) is 20.8 Å². The molecule has 20 heavy (non-hydrogen) atoms. The quantitative estimate of drug-likeness (QED) is 0.607. The third kappa shape index (κ3) is 2.85. The predicted molar refractivity (Wildman–Crippen MR) is 85.0 cm³/mol. The summed E-state index contributed by atoms with van der Waals surface area (Å²) in [6.45, 7) is 6.34. The molecule has 0 aliphatic heterocycles. The van der Waals surface area contributed by atoms with Crippen LogP contribution in [0.4, 0.5) is 0 Å². The van der Waals surface area contributed by atoms with Crippen molar-refractivity contribution in [3.05, 3.63) is 71.6 Å². The summed E-state index contributed by atoms with van der Waals surface area (Å²) >= 11 is 0. The number of aryl methyl sites for hydroxylation is 1. The molecule has 0 saturated carbocycles. The average Bonchev–Trinajstić information content (AvgIpc) is 2.49. The zero-order valence-corrected chi connectivity index (χ0v) is 12.6. The smallest absolute Gasteiger partial charge is 0.226 e. The molecular weight excluding hydrogens is 244 g/mol. The average molecular weight is 265 g/mol. The Labute approximate surface area is 121 Å². The molecule has 0 spiro atoms. The highest BCUT2D eigenvalue weighted by molar-refractivity contribution is 5.97. The SMILES string of the molecule is CC=C(c1ccccn1)[N+](C)=C(C)c1ccccc1C. The predicted octanol–water partition coefficient (Wildman–Crippen LogP) is 3.90. The van der Waals surface area contributed by atoms with E-state index in [0.717, 1.165) is 11.4 Å². The Morgan fingerprint density at radius 3 is 2.40 bits per heavy atom. The lowest BCUT2D eigenvalue weighted by Crippen LogP contribution is -2.16. The molecule has 102 valence electrons. The maximum absolute atomic E-state index is 4.45. The molecule has 2 rings (SSSR count).